The Morgan fingerprint density at radius 2 is 2.00 bits per heavy atom. The van der Waals surface area contributed by atoms with Crippen LogP contribution in [-0.4, -0.2) is 4.98 Å². The summed E-state index contributed by atoms with van der Waals surface area (Å²) in [5.41, 5.74) is 8.48. The third-order valence-corrected chi connectivity index (χ3v) is 3.47. The van der Waals surface area contributed by atoms with Crippen LogP contribution in [0.5, 0.6) is 0 Å². The molecule has 1 atom stereocenters. The number of fused-ring (bicyclic) bond motifs is 1. The summed E-state index contributed by atoms with van der Waals surface area (Å²) in [6, 6.07) is 9.91. The van der Waals surface area contributed by atoms with E-state index in [9.17, 15) is 0 Å². The van der Waals surface area contributed by atoms with E-state index in [1.54, 1.807) is 6.26 Å². The van der Waals surface area contributed by atoms with E-state index in [1.165, 1.54) is 0 Å². The third-order valence-electron chi connectivity index (χ3n) is 3.47. The minimum atomic E-state index is -0.202. The summed E-state index contributed by atoms with van der Waals surface area (Å²) in [4.78, 5) is 4.29. The molecule has 0 fully saturated rings. The zero-order valence-corrected chi connectivity index (χ0v) is 10.8. The van der Waals surface area contributed by atoms with E-state index in [2.05, 4.69) is 24.0 Å². The summed E-state index contributed by atoms with van der Waals surface area (Å²) in [6.45, 7) is 2.07. The molecular weight excluding hydrogens is 236 g/mol. The lowest BCUT2D eigenvalue weighted by Crippen LogP contribution is -2.13. The highest BCUT2D eigenvalue weighted by atomic mass is 16.3. The molecule has 3 heteroatoms. The van der Waals surface area contributed by atoms with E-state index in [0.29, 0.717) is 0 Å². The van der Waals surface area contributed by atoms with Gasteiger partial charge >= 0.3 is 0 Å². The molecule has 19 heavy (non-hydrogen) atoms. The first-order chi connectivity index (χ1) is 9.31. The Kier molecular flexibility index (Phi) is 3.05. The summed E-state index contributed by atoms with van der Waals surface area (Å²) >= 11 is 0. The number of aryl methyl sites for hydroxylation is 1. The van der Waals surface area contributed by atoms with E-state index in [4.69, 9.17) is 10.2 Å². The maximum atomic E-state index is 6.40. The quantitative estimate of drug-likeness (QED) is 0.776. The molecular formula is C16H16N2O. The molecule has 0 bridgehead atoms. The van der Waals surface area contributed by atoms with Crippen molar-refractivity contribution in [2.45, 2.75) is 19.4 Å². The molecule has 0 radical (unpaired) electrons. The van der Waals surface area contributed by atoms with E-state index >= 15 is 0 Å². The van der Waals surface area contributed by atoms with Crippen LogP contribution in [-0.2, 0) is 6.42 Å². The van der Waals surface area contributed by atoms with Crippen molar-refractivity contribution in [3.05, 3.63) is 65.9 Å². The monoisotopic (exact) mass is 252 g/mol. The molecule has 0 spiro atoms. The van der Waals surface area contributed by atoms with Crippen molar-refractivity contribution in [3.63, 3.8) is 0 Å². The van der Waals surface area contributed by atoms with Crippen LogP contribution in [0.15, 0.2) is 53.4 Å². The molecule has 0 saturated heterocycles. The predicted molar refractivity (Wildman–Crippen MR) is 75.9 cm³/mol. The highest BCUT2D eigenvalue weighted by Gasteiger charge is 2.17. The minimum Gasteiger partial charge on any atom is -0.469 e. The Labute approximate surface area is 112 Å². The first kappa shape index (κ1) is 11.9. The molecule has 3 rings (SSSR count). The maximum absolute atomic E-state index is 6.40. The van der Waals surface area contributed by atoms with E-state index < -0.39 is 0 Å². The normalized spacial score (nSPS) is 12.7. The van der Waals surface area contributed by atoms with Gasteiger partial charge in [0.2, 0.25) is 0 Å². The van der Waals surface area contributed by atoms with Gasteiger partial charge in [-0.3, -0.25) is 4.98 Å². The van der Waals surface area contributed by atoms with Gasteiger partial charge in [0.05, 0.1) is 12.3 Å². The number of hydrogen-bond acceptors (Lipinski definition) is 3. The molecule has 1 unspecified atom stereocenters. The van der Waals surface area contributed by atoms with Gasteiger partial charge in [-0.05, 0) is 17.0 Å². The molecule has 3 nitrogen and oxygen atoms in total. The van der Waals surface area contributed by atoms with Crippen LogP contribution >= 0.6 is 0 Å². The topological polar surface area (TPSA) is 52.0 Å². The van der Waals surface area contributed by atoms with Gasteiger partial charge < -0.3 is 10.2 Å². The molecule has 2 N–H and O–H groups in total. The van der Waals surface area contributed by atoms with Gasteiger partial charge in [0.1, 0.15) is 5.76 Å². The van der Waals surface area contributed by atoms with Crippen molar-refractivity contribution < 1.29 is 4.42 Å². The summed E-state index contributed by atoms with van der Waals surface area (Å²) in [6.07, 6.45) is 6.25. The highest BCUT2D eigenvalue weighted by molar-refractivity contribution is 5.85. The number of pyridine rings is 1. The zero-order valence-electron chi connectivity index (χ0n) is 10.8. The lowest BCUT2D eigenvalue weighted by Gasteiger charge is -2.14. The number of nitrogens with zero attached hydrogens (tertiary/aromatic N) is 1. The average Bonchev–Trinajstić information content (AvgIpc) is 2.94. The van der Waals surface area contributed by atoms with Crippen molar-refractivity contribution in [3.8, 4) is 0 Å². The second-order valence-corrected chi connectivity index (χ2v) is 4.58. The van der Waals surface area contributed by atoms with Crippen LogP contribution in [0, 0.1) is 0 Å². The third kappa shape index (κ3) is 2.02. The molecule has 0 aliphatic carbocycles. The molecule has 3 aromatic rings. The highest BCUT2D eigenvalue weighted by Crippen LogP contribution is 2.28. The molecule has 0 amide bonds. The van der Waals surface area contributed by atoms with Crippen LogP contribution in [0.3, 0.4) is 0 Å². The number of hydrogen-bond donors (Lipinski definition) is 1. The van der Waals surface area contributed by atoms with Crippen LogP contribution in [0.2, 0.25) is 0 Å². The first-order valence-corrected chi connectivity index (χ1v) is 6.45. The molecule has 2 heterocycles. The molecule has 0 aliphatic rings. The number of aromatic nitrogens is 1. The van der Waals surface area contributed by atoms with E-state index in [1.807, 2.05) is 30.6 Å². The summed E-state index contributed by atoms with van der Waals surface area (Å²) < 4.78 is 5.47. The molecule has 2 aromatic heterocycles. The number of furan rings is 1. The molecule has 1 aromatic carbocycles. The smallest absolute Gasteiger partial charge is 0.108 e. The fourth-order valence-electron chi connectivity index (χ4n) is 2.47. The van der Waals surface area contributed by atoms with E-state index in [0.717, 1.165) is 34.1 Å². The maximum Gasteiger partial charge on any atom is 0.108 e. The second kappa shape index (κ2) is 4.86. The Morgan fingerprint density at radius 3 is 2.84 bits per heavy atom. The van der Waals surface area contributed by atoms with Gasteiger partial charge in [-0.15, -0.1) is 0 Å². The molecule has 0 saturated carbocycles. The van der Waals surface area contributed by atoms with Crippen molar-refractivity contribution in [1.29, 1.82) is 0 Å². The lowest BCUT2D eigenvalue weighted by atomic mass is 9.96. The summed E-state index contributed by atoms with van der Waals surface area (Å²) in [7, 11) is 0. The minimum absolute atomic E-state index is 0.202. The van der Waals surface area contributed by atoms with Gasteiger partial charge in [-0.2, -0.15) is 0 Å². The van der Waals surface area contributed by atoms with Gasteiger partial charge in [0, 0.05) is 29.8 Å². The Hall–Kier alpha value is -2.13. The van der Waals surface area contributed by atoms with Gasteiger partial charge in [-0.1, -0.05) is 31.2 Å². The Balaban J connectivity index is 2.14. The van der Waals surface area contributed by atoms with Crippen LogP contribution in [0.4, 0.5) is 0 Å². The fourth-order valence-corrected chi connectivity index (χ4v) is 2.47. The lowest BCUT2D eigenvalue weighted by molar-refractivity contribution is 0.509. The Morgan fingerprint density at radius 1 is 1.16 bits per heavy atom. The zero-order chi connectivity index (χ0) is 13.2. The summed E-state index contributed by atoms with van der Waals surface area (Å²) in [5.74, 6) is 0.945. The molecule has 96 valence electrons. The number of benzene rings is 1. The van der Waals surface area contributed by atoms with Crippen molar-refractivity contribution in [2.24, 2.45) is 5.73 Å². The van der Waals surface area contributed by atoms with Crippen molar-refractivity contribution in [2.75, 3.05) is 0 Å². The van der Waals surface area contributed by atoms with Gasteiger partial charge in [0.15, 0.2) is 0 Å². The Bertz CT molecular complexity index is 697. The van der Waals surface area contributed by atoms with Crippen molar-refractivity contribution >= 4 is 10.8 Å². The standard InChI is InChI=1S/C16H16N2O/c1-2-15-13(7-8-19-15)16(17)14-10-18-9-11-5-3-4-6-12(11)14/h3-10,16H,2,17H2,1H3. The fraction of sp³-hybridized carbons (Fsp3) is 0.188. The van der Waals surface area contributed by atoms with Crippen LogP contribution < -0.4 is 5.73 Å². The van der Waals surface area contributed by atoms with Gasteiger partial charge in [-0.25, -0.2) is 0 Å². The largest absolute Gasteiger partial charge is 0.469 e. The number of rotatable bonds is 3. The molecule has 0 aliphatic heterocycles. The first-order valence-electron chi connectivity index (χ1n) is 6.45. The predicted octanol–water partition coefficient (Wildman–Crippen LogP) is 3.44. The van der Waals surface area contributed by atoms with Crippen molar-refractivity contribution in [1.82, 2.24) is 4.98 Å². The van der Waals surface area contributed by atoms with E-state index in [-0.39, 0.29) is 6.04 Å². The SMILES string of the molecule is CCc1occc1C(N)c1cncc2ccccc12. The van der Waals surface area contributed by atoms with Crippen LogP contribution in [0.25, 0.3) is 10.8 Å². The summed E-state index contributed by atoms with van der Waals surface area (Å²) in [5, 5.41) is 2.25. The van der Waals surface area contributed by atoms with Crippen LogP contribution in [0.1, 0.15) is 29.9 Å². The second-order valence-electron chi connectivity index (χ2n) is 4.58. The number of nitrogens with two attached hydrogens (primary N) is 1. The average molecular weight is 252 g/mol. The van der Waals surface area contributed by atoms with Gasteiger partial charge in [0.25, 0.3) is 0 Å².